The van der Waals surface area contributed by atoms with Crippen LogP contribution in [0.2, 0.25) is 5.02 Å². The Labute approximate surface area is 112 Å². The lowest BCUT2D eigenvalue weighted by atomic mass is 9.97. The van der Waals surface area contributed by atoms with Crippen molar-refractivity contribution in [3.63, 3.8) is 0 Å². The Morgan fingerprint density at radius 2 is 2.39 bits per heavy atom. The van der Waals surface area contributed by atoms with Gasteiger partial charge >= 0.3 is 0 Å². The van der Waals surface area contributed by atoms with E-state index in [1.165, 1.54) is 6.07 Å². The van der Waals surface area contributed by atoms with Gasteiger partial charge in [-0.15, -0.1) is 0 Å². The molecule has 4 heteroatoms. The Kier molecular flexibility index (Phi) is 4.84. The van der Waals surface area contributed by atoms with Crippen molar-refractivity contribution in [3.8, 4) is 5.75 Å². The molecule has 0 amide bonds. The first-order valence-electron chi connectivity index (χ1n) is 6.53. The van der Waals surface area contributed by atoms with Crippen LogP contribution in [0.3, 0.4) is 0 Å². The minimum Gasteiger partial charge on any atom is -0.490 e. The SMILES string of the molecule is CCC[C@@H](Oc1ccc(Cl)c(F)c1)[C@H]1CCNC1. The molecule has 0 bridgehead atoms. The van der Waals surface area contributed by atoms with Crippen molar-refractivity contribution in [3.05, 3.63) is 29.0 Å². The number of nitrogens with one attached hydrogen (secondary N) is 1. The van der Waals surface area contributed by atoms with Crippen molar-refractivity contribution in [2.45, 2.75) is 32.3 Å². The van der Waals surface area contributed by atoms with E-state index in [4.69, 9.17) is 16.3 Å². The van der Waals surface area contributed by atoms with Crippen LogP contribution in [0.1, 0.15) is 26.2 Å². The zero-order valence-electron chi connectivity index (χ0n) is 10.6. The third-order valence-electron chi connectivity index (χ3n) is 3.38. The summed E-state index contributed by atoms with van der Waals surface area (Å²) in [6.45, 7) is 4.17. The van der Waals surface area contributed by atoms with Gasteiger partial charge in [-0.2, -0.15) is 0 Å². The Morgan fingerprint density at radius 3 is 3.00 bits per heavy atom. The lowest BCUT2D eigenvalue weighted by Crippen LogP contribution is -2.28. The van der Waals surface area contributed by atoms with E-state index in [-0.39, 0.29) is 11.1 Å². The fourth-order valence-corrected chi connectivity index (χ4v) is 2.51. The maximum atomic E-state index is 13.4. The van der Waals surface area contributed by atoms with Gasteiger partial charge in [0.25, 0.3) is 0 Å². The first-order valence-corrected chi connectivity index (χ1v) is 6.91. The summed E-state index contributed by atoms with van der Waals surface area (Å²) < 4.78 is 19.3. The summed E-state index contributed by atoms with van der Waals surface area (Å²) in [4.78, 5) is 0. The van der Waals surface area contributed by atoms with Crippen molar-refractivity contribution >= 4 is 11.6 Å². The second-order valence-electron chi connectivity index (χ2n) is 4.77. The normalized spacial score (nSPS) is 20.9. The van der Waals surface area contributed by atoms with Gasteiger partial charge in [-0.1, -0.05) is 24.9 Å². The third kappa shape index (κ3) is 3.36. The molecule has 1 aromatic rings. The molecule has 0 aromatic heterocycles. The molecule has 1 aliphatic heterocycles. The number of hydrogen-bond donors (Lipinski definition) is 1. The summed E-state index contributed by atoms with van der Waals surface area (Å²) in [5.74, 6) is 0.667. The zero-order valence-corrected chi connectivity index (χ0v) is 11.3. The molecule has 1 saturated heterocycles. The molecule has 0 aliphatic carbocycles. The minimum absolute atomic E-state index is 0.136. The summed E-state index contributed by atoms with van der Waals surface area (Å²) >= 11 is 5.66. The topological polar surface area (TPSA) is 21.3 Å². The first kappa shape index (κ1) is 13.6. The number of halogens is 2. The van der Waals surface area contributed by atoms with Crippen LogP contribution in [-0.2, 0) is 0 Å². The van der Waals surface area contributed by atoms with E-state index in [1.807, 2.05) is 0 Å². The van der Waals surface area contributed by atoms with E-state index in [2.05, 4.69) is 12.2 Å². The molecule has 0 unspecified atom stereocenters. The quantitative estimate of drug-likeness (QED) is 0.883. The summed E-state index contributed by atoms with van der Waals surface area (Å²) in [6, 6.07) is 4.64. The van der Waals surface area contributed by atoms with Crippen LogP contribution in [0.15, 0.2) is 18.2 Å². The largest absolute Gasteiger partial charge is 0.490 e. The molecule has 1 fully saturated rings. The van der Waals surface area contributed by atoms with Crippen LogP contribution in [0.5, 0.6) is 5.75 Å². The van der Waals surface area contributed by atoms with Gasteiger partial charge in [0.1, 0.15) is 17.7 Å². The smallest absolute Gasteiger partial charge is 0.145 e. The lowest BCUT2D eigenvalue weighted by Gasteiger charge is -2.24. The number of rotatable bonds is 5. The molecule has 2 atom stereocenters. The molecule has 2 rings (SSSR count). The average Bonchev–Trinajstić information content (AvgIpc) is 2.87. The molecule has 100 valence electrons. The van der Waals surface area contributed by atoms with E-state index >= 15 is 0 Å². The van der Waals surface area contributed by atoms with Crippen molar-refractivity contribution in [2.75, 3.05) is 13.1 Å². The molecule has 0 spiro atoms. The molecular weight excluding hydrogens is 253 g/mol. The van der Waals surface area contributed by atoms with E-state index in [9.17, 15) is 4.39 Å². The van der Waals surface area contributed by atoms with Crippen LogP contribution in [0.25, 0.3) is 0 Å². The van der Waals surface area contributed by atoms with Crippen LogP contribution in [-0.4, -0.2) is 19.2 Å². The number of ether oxygens (including phenoxy) is 1. The lowest BCUT2D eigenvalue weighted by molar-refractivity contribution is 0.132. The Hall–Kier alpha value is -0.800. The molecule has 2 nitrogen and oxygen atoms in total. The second-order valence-corrected chi connectivity index (χ2v) is 5.18. The maximum Gasteiger partial charge on any atom is 0.145 e. The minimum atomic E-state index is -0.422. The van der Waals surface area contributed by atoms with Gasteiger partial charge in [-0.05, 0) is 31.5 Å². The fourth-order valence-electron chi connectivity index (χ4n) is 2.39. The molecule has 1 aliphatic rings. The molecule has 0 radical (unpaired) electrons. The van der Waals surface area contributed by atoms with Gasteiger partial charge in [0.2, 0.25) is 0 Å². The highest BCUT2D eigenvalue weighted by atomic mass is 35.5. The molecule has 1 N–H and O–H groups in total. The fraction of sp³-hybridized carbons (Fsp3) is 0.571. The standard InChI is InChI=1S/C14H19ClFNO/c1-2-3-14(10-6-7-17-9-10)18-11-4-5-12(15)13(16)8-11/h4-5,8,10,14,17H,2-3,6-7,9H2,1H3/t10-,14+/m0/s1. The Bertz CT molecular complexity index is 393. The highest BCUT2D eigenvalue weighted by molar-refractivity contribution is 6.30. The predicted molar refractivity (Wildman–Crippen MR) is 71.7 cm³/mol. The Morgan fingerprint density at radius 1 is 1.56 bits per heavy atom. The van der Waals surface area contributed by atoms with Crippen LogP contribution < -0.4 is 10.1 Å². The van der Waals surface area contributed by atoms with Crippen LogP contribution in [0, 0.1) is 11.7 Å². The average molecular weight is 272 g/mol. The zero-order chi connectivity index (χ0) is 13.0. The first-order chi connectivity index (χ1) is 8.70. The monoisotopic (exact) mass is 271 g/mol. The molecular formula is C14H19ClFNO. The summed E-state index contributed by atoms with van der Waals surface area (Å²) in [5.41, 5.74) is 0. The molecule has 1 aromatic carbocycles. The van der Waals surface area contributed by atoms with E-state index in [1.54, 1.807) is 12.1 Å². The number of benzene rings is 1. The van der Waals surface area contributed by atoms with Gasteiger partial charge in [-0.3, -0.25) is 0 Å². The molecule has 18 heavy (non-hydrogen) atoms. The van der Waals surface area contributed by atoms with Crippen LogP contribution in [0.4, 0.5) is 4.39 Å². The second kappa shape index (κ2) is 6.39. The maximum absolute atomic E-state index is 13.4. The van der Waals surface area contributed by atoms with Crippen molar-refractivity contribution in [1.82, 2.24) is 5.32 Å². The van der Waals surface area contributed by atoms with E-state index in [0.717, 1.165) is 32.4 Å². The van der Waals surface area contributed by atoms with Crippen LogP contribution >= 0.6 is 11.6 Å². The van der Waals surface area contributed by atoms with E-state index in [0.29, 0.717) is 11.7 Å². The summed E-state index contributed by atoms with van der Waals surface area (Å²) in [5, 5.41) is 3.48. The van der Waals surface area contributed by atoms with Crippen molar-refractivity contribution < 1.29 is 9.13 Å². The third-order valence-corrected chi connectivity index (χ3v) is 3.68. The van der Waals surface area contributed by atoms with E-state index < -0.39 is 5.82 Å². The highest BCUT2D eigenvalue weighted by Gasteiger charge is 2.25. The van der Waals surface area contributed by atoms with Gasteiger partial charge in [0.15, 0.2) is 0 Å². The van der Waals surface area contributed by atoms with Gasteiger partial charge in [-0.25, -0.2) is 4.39 Å². The number of hydrogen-bond acceptors (Lipinski definition) is 2. The molecule has 0 saturated carbocycles. The summed E-state index contributed by atoms with van der Waals surface area (Å²) in [7, 11) is 0. The van der Waals surface area contributed by atoms with Gasteiger partial charge < -0.3 is 10.1 Å². The summed E-state index contributed by atoms with van der Waals surface area (Å²) in [6.07, 6.45) is 3.35. The van der Waals surface area contributed by atoms with Gasteiger partial charge in [0.05, 0.1) is 5.02 Å². The molecule has 1 heterocycles. The Balaban J connectivity index is 2.04. The van der Waals surface area contributed by atoms with Gasteiger partial charge in [0, 0.05) is 18.5 Å². The van der Waals surface area contributed by atoms with Crippen molar-refractivity contribution in [2.24, 2.45) is 5.92 Å². The van der Waals surface area contributed by atoms with Crippen molar-refractivity contribution in [1.29, 1.82) is 0 Å². The highest BCUT2D eigenvalue weighted by Crippen LogP contribution is 2.26. The predicted octanol–water partition coefficient (Wildman–Crippen LogP) is 3.64.